The summed E-state index contributed by atoms with van der Waals surface area (Å²) in [5.74, 6) is 0.826. The van der Waals surface area contributed by atoms with Crippen LogP contribution in [-0.4, -0.2) is 18.3 Å². The molecule has 22 heavy (non-hydrogen) atoms. The molecule has 0 spiro atoms. The number of carbonyl (C=O) groups is 1. The Morgan fingerprint density at radius 3 is 2.41 bits per heavy atom. The third-order valence-electron chi connectivity index (χ3n) is 2.98. The number of alkyl halides is 1. The van der Waals surface area contributed by atoms with Gasteiger partial charge in [-0.1, -0.05) is 18.2 Å². The Kier molecular flexibility index (Phi) is 6.16. The molecule has 0 aromatic heterocycles. The summed E-state index contributed by atoms with van der Waals surface area (Å²) in [6.45, 7) is 0.585. The molecule has 0 heterocycles. The van der Waals surface area contributed by atoms with Crippen LogP contribution >= 0.6 is 11.6 Å². The average Bonchev–Trinajstić information content (AvgIpc) is 2.55. The first-order chi connectivity index (χ1) is 10.7. The average molecular weight is 319 g/mol. The van der Waals surface area contributed by atoms with Gasteiger partial charge in [-0.15, -0.1) is 11.6 Å². The highest BCUT2D eigenvalue weighted by molar-refractivity contribution is 6.17. The highest BCUT2D eigenvalue weighted by Gasteiger charge is 2.01. The van der Waals surface area contributed by atoms with Crippen molar-refractivity contribution < 1.29 is 13.9 Å². The van der Waals surface area contributed by atoms with E-state index >= 15 is 0 Å². The number of hydrogen-bond acceptors (Lipinski definition) is 2. The van der Waals surface area contributed by atoms with Crippen LogP contribution in [0, 0.1) is 5.82 Å². The zero-order valence-corrected chi connectivity index (χ0v) is 12.7. The van der Waals surface area contributed by atoms with Gasteiger partial charge in [0.25, 0.3) is 0 Å². The molecule has 0 aliphatic carbocycles. The van der Waals surface area contributed by atoms with Gasteiger partial charge in [-0.3, -0.25) is 4.79 Å². The van der Waals surface area contributed by atoms with E-state index in [9.17, 15) is 9.18 Å². The molecular formula is C18H16ClFO2. The zero-order chi connectivity index (χ0) is 15.8. The molecule has 0 radical (unpaired) electrons. The molecule has 2 nitrogen and oxygen atoms in total. The van der Waals surface area contributed by atoms with E-state index in [4.69, 9.17) is 16.3 Å². The van der Waals surface area contributed by atoms with Crippen molar-refractivity contribution in [2.75, 3.05) is 12.5 Å². The summed E-state index contributed by atoms with van der Waals surface area (Å²) in [6.07, 6.45) is 3.99. The second-order valence-electron chi connectivity index (χ2n) is 4.66. The van der Waals surface area contributed by atoms with Crippen LogP contribution in [0.3, 0.4) is 0 Å². The molecule has 0 amide bonds. The number of rotatable bonds is 7. The van der Waals surface area contributed by atoms with Gasteiger partial charge in [-0.05, 0) is 54.5 Å². The number of allylic oxidation sites excluding steroid dienone is 1. The van der Waals surface area contributed by atoms with Crippen LogP contribution in [-0.2, 0) is 0 Å². The van der Waals surface area contributed by atoms with Crippen LogP contribution in [0.25, 0.3) is 6.08 Å². The third kappa shape index (κ3) is 5.01. The number of hydrogen-bond donors (Lipinski definition) is 0. The predicted molar refractivity (Wildman–Crippen MR) is 87.0 cm³/mol. The fourth-order valence-electron chi connectivity index (χ4n) is 1.80. The van der Waals surface area contributed by atoms with Gasteiger partial charge in [0, 0.05) is 11.4 Å². The fourth-order valence-corrected chi connectivity index (χ4v) is 1.91. The second-order valence-corrected chi connectivity index (χ2v) is 5.04. The number of halogens is 2. The molecule has 0 atom stereocenters. The monoisotopic (exact) mass is 318 g/mol. The van der Waals surface area contributed by atoms with E-state index in [2.05, 4.69) is 0 Å². The summed E-state index contributed by atoms with van der Waals surface area (Å²) in [7, 11) is 0. The quantitative estimate of drug-likeness (QED) is 0.319. The van der Waals surface area contributed by atoms with Gasteiger partial charge >= 0.3 is 0 Å². The Balaban J connectivity index is 1.95. The standard InChI is InChI=1S/C18H16ClFO2/c19-12-1-13-22-17-9-2-14(3-10-17)4-11-18(21)15-5-7-16(20)8-6-15/h2-11H,1,12-13H2/b11-4+. The van der Waals surface area contributed by atoms with Gasteiger partial charge in [0.1, 0.15) is 11.6 Å². The molecule has 4 heteroatoms. The van der Waals surface area contributed by atoms with Gasteiger partial charge in [-0.25, -0.2) is 4.39 Å². The third-order valence-corrected chi connectivity index (χ3v) is 3.25. The van der Waals surface area contributed by atoms with Crippen LogP contribution in [0.4, 0.5) is 4.39 Å². The number of ether oxygens (including phenoxy) is 1. The van der Waals surface area contributed by atoms with E-state index in [-0.39, 0.29) is 11.6 Å². The van der Waals surface area contributed by atoms with E-state index in [1.54, 1.807) is 6.08 Å². The molecular weight excluding hydrogens is 303 g/mol. The van der Waals surface area contributed by atoms with E-state index < -0.39 is 0 Å². The van der Waals surface area contributed by atoms with Gasteiger partial charge in [-0.2, -0.15) is 0 Å². The van der Waals surface area contributed by atoms with Crippen molar-refractivity contribution in [2.24, 2.45) is 0 Å². The maximum absolute atomic E-state index is 12.8. The lowest BCUT2D eigenvalue weighted by Crippen LogP contribution is -1.97. The molecule has 0 saturated carbocycles. The SMILES string of the molecule is O=C(/C=C/c1ccc(OCCCCl)cc1)c1ccc(F)cc1. The van der Waals surface area contributed by atoms with Crippen LogP contribution in [0.1, 0.15) is 22.3 Å². The fraction of sp³-hybridized carbons (Fsp3) is 0.167. The topological polar surface area (TPSA) is 26.3 Å². The van der Waals surface area contributed by atoms with Crippen molar-refractivity contribution in [3.8, 4) is 5.75 Å². The summed E-state index contributed by atoms with van der Waals surface area (Å²) in [5.41, 5.74) is 1.35. The summed E-state index contributed by atoms with van der Waals surface area (Å²) >= 11 is 5.58. The first-order valence-electron chi connectivity index (χ1n) is 6.96. The van der Waals surface area contributed by atoms with Gasteiger partial charge in [0.2, 0.25) is 0 Å². The number of ketones is 1. The Morgan fingerprint density at radius 2 is 1.77 bits per heavy atom. The summed E-state index contributed by atoms with van der Waals surface area (Å²) < 4.78 is 18.3. The van der Waals surface area contributed by atoms with Crippen molar-refractivity contribution in [1.29, 1.82) is 0 Å². The second kappa shape index (κ2) is 8.35. The largest absolute Gasteiger partial charge is 0.494 e. The molecule has 0 unspecified atom stereocenters. The van der Waals surface area contributed by atoms with Gasteiger partial charge in [0.05, 0.1) is 6.61 Å². The molecule has 0 aliphatic heterocycles. The Labute approximate surface area is 134 Å². The van der Waals surface area contributed by atoms with Crippen molar-refractivity contribution >= 4 is 23.5 Å². The smallest absolute Gasteiger partial charge is 0.185 e. The number of carbonyl (C=O) groups excluding carboxylic acids is 1. The van der Waals surface area contributed by atoms with Crippen LogP contribution in [0.15, 0.2) is 54.6 Å². The molecule has 0 bridgehead atoms. The normalized spacial score (nSPS) is 10.8. The minimum absolute atomic E-state index is 0.164. The van der Waals surface area contributed by atoms with Crippen LogP contribution in [0.2, 0.25) is 0 Å². The highest BCUT2D eigenvalue weighted by atomic mass is 35.5. The summed E-state index contributed by atoms with van der Waals surface area (Å²) in [6, 6.07) is 12.9. The minimum atomic E-state index is -0.356. The molecule has 0 aliphatic rings. The molecule has 0 saturated heterocycles. The minimum Gasteiger partial charge on any atom is -0.494 e. The lowest BCUT2D eigenvalue weighted by Gasteiger charge is -2.04. The van der Waals surface area contributed by atoms with Crippen LogP contribution in [0.5, 0.6) is 5.75 Å². The maximum atomic E-state index is 12.8. The van der Waals surface area contributed by atoms with Crippen molar-refractivity contribution in [3.05, 3.63) is 71.6 Å². The molecule has 114 valence electrons. The molecule has 0 N–H and O–H groups in total. The van der Waals surface area contributed by atoms with Gasteiger partial charge in [0.15, 0.2) is 5.78 Å². The lowest BCUT2D eigenvalue weighted by atomic mass is 10.1. The molecule has 2 aromatic rings. The zero-order valence-electron chi connectivity index (χ0n) is 12.0. The van der Waals surface area contributed by atoms with E-state index in [1.807, 2.05) is 24.3 Å². The van der Waals surface area contributed by atoms with Gasteiger partial charge < -0.3 is 4.74 Å². The van der Waals surface area contributed by atoms with Crippen molar-refractivity contribution in [2.45, 2.75) is 6.42 Å². The predicted octanol–water partition coefficient (Wildman–Crippen LogP) is 4.73. The maximum Gasteiger partial charge on any atom is 0.185 e. The lowest BCUT2D eigenvalue weighted by molar-refractivity contribution is 0.104. The van der Waals surface area contributed by atoms with E-state index in [0.29, 0.717) is 18.1 Å². The summed E-state index contributed by atoms with van der Waals surface area (Å²) in [4.78, 5) is 11.9. The summed E-state index contributed by atoms with van der Waals surface area (Å²) in [5, 5.41) is 0. The van der Waals surface area contributed by atoms with Crippen molar-refractivity contribution in [3.63, 3.8) is 0 Å². The molecule has 2 rings (SSSR count). The first kappa shape index (κ1) is 16.2. The van der Waals surface area contributed by atoms with E-state index in [0.717, 1.165) is 17.7 Å². The first-order valence-corrected chi connectivity index (χ1v) is 7.49. The van der Waals surface area contributed by atoms with Crippen LogP contribution < -0.4 is 4.74 Å². The Bertz CT molecular complexity index is 633. The number of benzene rings is 2. The van der Waals surface area contributed by atoms with Crippen molar-refractivity contribution in [1.82, 2.24) is 0 Å². The molecule has 2 aromatic carbocycles. The van der Waals surface area contributed by atoms with E-state index in [1.165, 1.54) is 30.3 Å². The highest BCUT2D eigenvalue weighted by Crippen LogP contribution is 2.14. The Hall–Kier alpha value is -2.13. The Morgan fingerprint density at radius 1 is 1.09 bits per heavy atom. The molecule has 0 fully saturated rings.